The van der Waals surface area contributed by atoms with Gasteiger partial charge in [-0.15, -0.1) is 0 Å². The van der Waals surface area contributed by atoms with Crippen LogP contribution in [0.25, 0.3) is 11.4 Å². The SMILES string of the molecule is CCNCc1cnc(-c2ccoc2)nc1. The molecule has 0 saturated heterocycles. The average molecular weight is 203 g/mol. The van der Waals surface area contributed by atoms with Crippen molar-refractivity contribution >= 4 is 0 Å². The van der Waals surface area contributed by atoms with Gasteiger partial charge in [-0.2, -0.15) is 0 Å². The molecule has 0 amide bonds. The molecule has 0 aromatic carbocycles. The second-order valence-corrected chi connectivity index (χ2v) is 3.21. The Morgan fingerprint density at radius 2 is 2.13 bits per heavy atom. The van der Waals surface area contributed by atoms with Crippen molar-refractivity contribution in [1.29, 1.82) is 0 Å². The summed E-state index contributed by atoms with van der Waals surface area (Å²) in [4.78, 5) is 8.53. The highest BCUT2D eigenvalue weighted by Crippen LogP contribution is 2.13. The maximum Gasteiger partial charge on any atom is 0.162 e. The summed E-state index contributed by atoms with van der Waals surface area (Å²) in [5.41, 5.74) is 1.99. The van der Waals surface area contributed by atoms with Gasteiger partial charge in [0.15, 0.2) is 5.82 Å². The maximum absolute atomic E-state index is 4.97. The smallest absolute Gasteiger partial charge is 0.162 e. The molecule has 15 heavy (non-hydrogen) atoms. The molecule has 0 saturated carbocycles. The normalized spacial score (nSPS) is 10.5. The van der Waals surface area contributed by atoms with Crippen molar-refractivity contribution in [3.05, 3.63) is 36.5 Å². The van der Waals surface area contributed by atoms with Crippen LogP contribution in [0.15, 0.2) is 35.4 Å². The van der Waals surface area contributed by atoms with Gasteiger partial charge in [0.25, 0.3) is 0 Å². The van der Waals surface area contributed by atoms with E-state index < -0.39 is 0 Å². The molecule has 0 aliphatic heterocycles. The van der Waals surface area contributed by atoms with E-state index in [2.05, 4.69) is 22.2 Å². The van der Waals surface area contributed by atoms with Gasteiger partial charge >= 0.3 is 0 Å². The number of hydrogen-bond donors (Lipinski definition) is 1. The molecule has 0 radical (unpaired) electrons. The van der Waals surface area contributed by atoms with E-state index in [1.54, 1.807) is 12.5 Å². The van der Waals surface area contributed by atoms with Crippen LogP contribution in [-0.4, -0.2) is 16.5 Å². The molecule has 0 aliphatic rings. The van der Waals surface area contributed by atoms with Gasteiger partial charge in [-0.05, 0) is 12.6 Å². The summed E-state index contributed by atoms with van der Waals surface area (Å²) in [5.74, 6) is 0.698. The molecule has 4 heteroatoms. The zero-order chi connectivity index (χ0) is 10.5. The van der Waals surface area contributed by atoms with E-state index in [0.717, 1.165) is 24.2 Å². The van der Waals surface area contributed by atoms with E-state index in [1.165, 1.54) is 0 Å². The molecule has 2 heterocycles. The Balaban J connectivity index is 2.11. The fourth-order valence-electron chi connectivity index (χ4n) is 1.26. The first kappa shape index (κ1) is 9.86. The topological polar surface area (TPSA) is 51.0 Å². The first-order valence-corrected chi connectivity index (χ1v) is 4.94. The molecule has 1 N–H and O–H groups in total. The van der Waals surface area contributed by atoms with Gasteiger partial charge < -0.3 is 9.73 Å². The maximum atomic E-state index is 4.97. The van der Waals surface area contributed by atoms with Crippen LogP contribution < -0.4 is 5.32 Å². The van der Waals surface area contributed by atoms with E-state index in [4.69, 9.17) is 4.42 Å². The van der Waals surface area contributed by atoms with Crippen LogP contribution in [0.4, 0.5) is 0 Å². The second kappa shape index (κ2) is 4.70. The zero-order valence-electron chi connectivity index (χ0n) is 8.60. The third-order valence-corrected chi connectivity index (χ3v) is 2.06. The molecular weight excluding hydrogens is 190 g/mol. The van der Waals surface area contributed by atoms with Crippen LogP contribution >= 0.6 is 0 Å². The van der Waals surface area contributed by atoms with Crippen molar-refractivity contribution < 1.29 is 4.42 Å². The number of hydrogen-bond acceptors (Lipinski definition) is 4. The minimum atomic E-state index is 0.698. The quantitative estimate of drug-likeness (QED) is 0.823. The van der Waals surface area contributed by atoms with E-state index in [-0.39, 0.29) is 0 Å². The molecule has 0 fully saturated rings. The van der Waals surface area contributed by atoms with Crippen LogP contribution in [0.1, 0.15) is 12.5 Å². The van der Waals surface area contributed by atoms with Crippen LogP contribution in [0.5, 0.6) is 0 Å². The number of furan rings is 1. The molecule has 0 bridgehead atoms. The standard InChI is InChI=1S/C11H13N3O/c1-2-12-5-9-6-13-11(14-7-9)10-3-4-15-8-10/h3-4,6-8,12H,2,5H2,1H3. The average Bonchev–Trinajstić information content (AvgIpc) is 2.80. The van der Waals surface area contributed by atoms with E-state index in [0.29, 0.717) is 5.82 Å². The molecule has 0 atom stereocenters. The lowest BCUT2D eigenvalue weighted by Gasteiger charge is -2.01. The van der Waals surface area contributed by atoms with Gasteiger partial charge in [-0.1, -0.05) is 6.92 Å². The van der Waals surface area contributed by atoms with Crippen LogP contribution in [0.2, 0.25) is 0 Å². The molecular formula is C11H13N3O. The van der Waals surface area contributed by atoms with Crippen molar-refractivity contribution in [1.82, 2.24) is 15.3 Å². The largest absolute Gasteiger partial charge is 0.472 e. The lowest BCUT2D eigenvalue weighted by atomic mass is 10.3. The van der Waals surface area contributed by atoms with Crippen molar-refractivity contribution in [2.45, 2.75) is 13.5 Å². The summed E-state index contributed by atoms with van der Waals surface area (Å²) >= 11 is 0. The summed E-state index contributed by atoms with van der Waals surface area (Å²) in [6.45, 7) is 3.83. The van der Waals surface area contributed by atoms with Crippen LogP contribution in [-0.2, 0) is 6.54 Å². The molecule has 0 spiro atoms. The Morgan fingerprint density at radius 1 is 1.33 bits per heavy atom. The Hall–Kier alpha value is -1.68. The fourth-order valence-corrected chi connectivity index (χ4v) is 1.26. The third kappa shape index (κ3) is 2.41. The summed E-state index contributed by atoms with van der Waals surface area (Å²) in [6.07, 6.45) is 6.92. The number of nitrogens with one attached hydrogen (secondary N) is 1. The highest BCUT2D eigenvalue weighted by Gasteiger charge is 2.01. The van der Waals surface area contributed by atoms with Gasteiger partial charge in [0.05, 0.1) is 11.8 Å². The summed E-state index contributed by atoms with van der Waals surface area (Å²) in [5, 5.41) is 3.22. The van der Waals surface area contributed by atoms with Crippen LogP contribution in [0, 0.1) is 0 Å². The summed E-state index contributed by atoms with van der Waals surface area (Å²) in [7, 11) is 0. The summed E-state index contributed by atoms with van der Waals surface area (Å²) in [6, 6.07) is 1.85. The molecule has 0 aliphatic carbocycles. The Kier molecular flexibility index (Phi) is 3.09. The van der Waals surface area contributed by atoms with Gasteiger partial charge in [0.1, 0.15) is 6.26 Å². The van der Waals surface area contributed by atoms with Crippen molar-refractivity contribution in [3.8, 4) is 11.4 Å². The van der Waals surface area contributed by atoms with E-state index in [9.17, 15) is 0 Å². The number of aromatic nitrogens is 2. The minimum Gasteiger partial charge on any atom is -0.472 e. The third-order valence-electron chi connectivity index (χ3n) is 2.06. The van der Waals surface area contributed by atoms with E-state index >= 15 is 0 Å². The van der Waals surface area contributed by atoms with Gasteiger partial charge in [-0.3, -0.25) is 0 Å². The fraction of sp³-hybridized carbons (Fsp3) is 0.273. The number of nitrogens with zero attached hydrogens (tertiary/aromatic N) is 2. The monoisotopic (exact) mass is 203 g/mol. The van der Waals surface area contributed by atoms with Gasteiger partial charge in [0, 0.05) is 24.5 Å². The molecule has 78 valence electrons. The van der Waals surface area contributed by atoms with Gasteiger partial charge in [-0.25, -0.2) is 9.97 Å². The van der Waals surface area contributed by atoms with Crippen LogP contribution in [0.3, 0.4) is 0 Å². The molecule has 2 aromatic rings. The highest BCUT2D eigenvalue weighted by molar-refractivity contribution is 5.51. The minimum absolute atomic E-state index is 0.698. The molecule has 0 unspecified atom stereocenters. The first-order valence-electron chi connectivity index (χ1n) is 4.94. The van der Waals surface area contributed by atoms with Crippen molar-refractivity contribution in [2.24, 2.45) is 0 Å². The Bertz CT molecular complexity index is 394. The zero-order valence-corrected chi connectivity index (χ0v) is 8.60. The predicted octanol–water partition coefficient (Wildman–Crippen LogP) is 1.85. The molecule has 2 aromatic heterocycles. The van der Waals surface area contributed by atoms with E-state index in [1.807, 2.05) is 18.5 Å². The predicted molar refractivity (Wildman–Crippen MR) is 57.1 cm³/mol. The highest BCUT2D eigenvalue weighted by atomic mass is 16.3. The number of rotatable bonds is 4. The Morgan fingerprint density at radius 3 is 2.73 bits per heavy atom. The molecule has 4 nitrogen and oxygen atoms in total. The lowest BCUT2D eigenvalue weighted by molar-refractivity contribution is 0.568. The Labute approximate surface area is 88.4 Å². The lowest BCUT2D eigenvalue weighted by Crippen LogP contribution is -2.12. The first-order chi connectivity index (χ1) is 7.40. The molecule has 2 rings (SSSR count). The van der Waals surface area contributed by atoms with Gasteiger partial charge in [0.2, 0.25) is 0 Å². The van der Waals surface area contributed by atoms with Crippen molar-refractivity contribution in [3.63, 3.8) is 0 Å². The van der Waals surface area contributed by atoms with Crippen molar-refractivity contribution in [2.75, 3.05) is 6.54 Å². The summed E-state index contributed by atoms with van der Waals surface area (Å²) < 4.78 is 4.97. The second-order valence-electron chi connectivity index (χ2n) is 3.21.